The van der Waals surface area contributed by atoms with Gasteiger partial charge in [0, 0.05) is 37.9 Å². The summed E-state index contributed by atoms with van der Waals surface area (Å²) >= 11 is 0. The Hall–Kier alpha value is -2.20. The van der Waals surface area contributed by atoms with E-state index in [1.807, 2.05) is 18.3 Å². The number of amides is 1. The summed E-state index contributed by atoms with van der Waals surface area (Å²) in [6.07, 6.45) is 8.22. The summed E-state index contributed by atoms with van der Waals surface area (Å²) in [5.74, 6) is 0.837. The van der Waals surface area contributed by atoms with Crippen LogP contribution in [-0.4, -0.2) is 34.9 Å². The van der Waals surface area contributed by atoms with Gasteiger partial charge in [0.05, 0.1) is 0 Å². The Labute approximate surface area is 169 Å². The fraction of sp³-hybridized carbons (Fsp3) is 0.500. The molecule has 2 heterocycles. The molecule has 1 fully saturated rings. The number of nitrogens with one attached hydrogen (secondary N) is 1. The van der Waals surface area contributed by atoms with E-state index in [0.717, 1.165) is 50.9 Å². The van der Waals surface area contributed by atoms with Crippen molar-refractivity contribution < 1.29 is 4.79 Å². The zero-order valence-corrected chi connectivity index (χ0v) is 17.2. The summed E-state index contributed by atoms with van der Waals surface area (Å²) < 4.78 is 0. The highest BCUT2D eigenvalue weighted by Crippen LogP contribution is 2.16. The zero-order chi connectivity index (χ0) is 19.8. The topological polar surface area (TPSA) is 45.2 Å². The molecule has 1 aliphatic heterocycles. The van der Waals surface area contributed by atoms with Gasteiger partial charge in [-0.1, -0.05) is 44.2 Å². The number of aryl methyl sites for hydroxylation is 1. The van der Waals surface area contributed by atoms with E-state index in [0.29, 0.717) is 12.3 Å². The lowest BCUT2D eigenvalue weighted by molar-refractivity contribution is -0.122. The first-order valence-corrected chi connectivity index (χ1v) is 10.6. The van der Waals surface area contributed by atoms with Gasteiger partial charge in [-0.25, -0.2) is 0 Å². The van der Waals surface area contributed by atoms with Crippen molar-refractivity contribution in [3.8, 4) is 0 Å². The van der Waals surface area contributed by atoms with Crippen LogP contribution >= 0.6 is 0 Å². The van der Waals surface area contributed by atoms with Crippen LogP contribution in [0.1, 0.15) is 49.8 Å². The molecule has 150 valence electrons. The number of rotatable bonds is 8. The van der Waals surface area contributed by atoms with Gasteiger partial charge in [0.2, 0.25) is 5.91 Å². The van der Waals surface area contributed by atoms with Gasteiger partial charge in [-0.15, -0.1) is 0 Å². The van der Waals surface area contributed by atoms with Crippen molar-refractivity contribution in [2.75, 3.05) is 13.1 Å². The van der Waals surface area contributed by atoms with Crippen molar-refractivity contribution in [2.45, 2.75) is 58.5 Å². The summed E-state index contributed by atoms with van der Waals surface area (Å²) in [5.41, 5.74) is 3.89. The number of hydrogen-bond acceptors (Lipinski definition) is 3. The lowest BCUT2D eigenvalue weighted by Gasteiger charge is -2.33. The first kappa shape index (κ1) is 20.5. The van der Waals surface area contributed by atoms with Gasteiger partial charge < -0.3 is 5.32 Å². The largest absolute Gasteiger partial charge is 0.352 e. The minimum absolute atomic E-state index is 0.147. The highest BCUT2D eigenvalue weighted by Gasteiger charge is 2.21. The zero-order valence-electron chi connectivity index (χ0n) is 17.2. The molecule has 1 saturated heterocycles. The van der Waals surface area contributed by atoms with Crippen LogP contribution in [0.15, 0.2) is 48.8 Å². The van der Waals surface area contributed by atoms with Crippen LogP contribution in [-0.2, 0) is 24.2 Å². The molecule has 1 amide bonds. The summed E-state index contributed by atoms with van der Waals surface area (Å²) in [6.45, 7) is 7.52. The lowest BCUT2D eigenvalue weighted by Crippen LogP contribution is -2.47. The van der Waals surface area contributed by atoms with Crippen LogP contribution in [0.25, 0.3) is 0 Å². The number of nitrogens with zero attached hydrogens (tertiary/aromatic N) is 2. The Morgan fingerprint density at radius 1 is 1.18 bits per heavy atom. The van der Waals surface area contributed by atoms with Gasteiger partial charge in [0.1, 0.15) is 0 Å². The molecule has 28 heavy (non-hydrogen) atoms. The van der Waals surface area contributed by atoms with Crippen LogP contribution in [0.2, 0.25) is 0 Å². The standard InChI is InChI=1S/C24H33N3O/c1-19(2)15-20-7-9-22(10-8-20)17-27-14-4-6-23(18-27)26-24(28)12-11-21-5-3-13-25-16-21/h3,5,7-10,13,16,19,23H,4,6,11-12,14-15,17-18H2,1-2H3,(H,26,28). The average molecular weight is 380 g/mol. The second-order valence-electron chi connectivity index (χ2n) is 8.42. The van der Waals surface area contributed by atoms with E-state index < -0.39 is 0 Å². The predicted octanol–water partition coefficient (Wildman–Crippen LogP) is 3.99. The molecule has 1 atom stereocenters. The number of hydrogen-bond donors (Lipinski definition) is 1. The molecular weight excluding hydrogens is 346 g/mol. The fourth-order valence-corrected chi connectivity index (χ4v) is 3.93. The van der Waals surface area contributed by atoms with E-state index in [9.17, 15) is 4.79 Å². The smallest absolute Gasteiger partial charge is 0.220 e. The number of pyridine rings is 1. The predicted molar refractivity (Wildman–Crippen MR) is 114 cm³/mol. The van der Waals surface area contributed by atoms with Gasteiger partial charge in [0.15, 0.2) is 0 Å². The number of carbonyl (C=O) groups excluding carboxylic acids is 1. The number of likely N-dealkylation sites (tertiary alicyclic amines) is 1. The third-order valence-corrected chi connectivity index (χ3v) is 5.31. The monoisotopic (exact) mass is 379 g/mol. The molecule has 1 aromatic heterocycles. The van der Waals surface area contributed by atoms with Gasteiger partial charge in [0.25, 0.3) is 0 Å². The molecule has 0 spiro atoms. The van der Waals surface area contributed by atoms with E-state index in [1.165, 1.54) is 11.1 Å². The molecule has 2 aromatic rings. The molecule has 1 N–H and O–H groups in total. The minimum Gasteiger partial charge on any atom is -0.352 e. The van der Waals surface area contributed by atoms with Crippen LogP contribution in [0.3, 0.4) is 0 Å². The van der Waals surface area contributed by atoms with Crippen molar-refractivity contribution in [1.82, 2.24) is 15.2 Å². The molecule has 1 aliphatic rings. The van der Waals surface area contributed by atoms with Crippen LogP contribution in [0.5, 0.6) is 0 Å². The average Bonchev–Trinajstić information content (AvgIpc) is 2.69. The van der Waals surface area contributed by atoms with Crippen molar-refractivity contribution in [3.05, 3.63) is 65.5 Å². The highest BCUT2D eigenvalue weighted by molar-refractivity contribution is 5.76. The normalized spacial score (nSPS) is 17.6. The number of carbonyl (C=O) groups is 1. The van der Waals surface area contributed by atoms with Gasteiger partial charge >= 0.3 is 0 Å². The van der Waals surface area contributed by atoms with Crippen LogP contribution in [0.4, 0.5) is 0 Å². The molecule has 3 rings (SSSR count). The molecule has 0 radical (unpaired) electrons. The first-order chi connectivity index (χ1) is 13.6. The summed E-state index contributed by atoms with van der Waals surface area (Å²) in [6, 6.07) is 13.2. The second kappa shape index (κ2) is 10.4. The first-order valence-electron chi connectivity index (χ1n) is 10.6. The maximum Gasteiger partial charge on any atom is 0.220 e. The second-order valence-corrected chi connectivity index (χ2v) is 8.42. The Morgan fingerprint density at radius 3 is 2.68 bits per heavy atom. The summed E-state index contributed by atoms with van der Waals surface area (Å²) in [4.78, 5) is 18.9. The third kappa shape index (κ3) is 6.75. The Kier molecular flexibility index (Phi) is 7.61. The molecular formula is C24H33N3O. The molecule has 0 aliphatic carbocycles. The summed E-state index contributed by atoms with van der Waals surface area (Å²) in [7, 11) is 0. The Bertz CT molecular complexity index is 727. The van der Waals surface area contributed by atoms with Crippen molar-refractivity contribution in [3.63, 3.8) is 0 Å². The minimum atomic E-state index is 0.147. The summed E-state index contributed by atoms with van der Waals surface area (Å²) in [5, 5.41) is 3.23. The van der Waals surface area contributed by atoms with Gasteiger partial charge in [-0.2, -0.15) is 0 Å². The highest BCUT2D eigenvalue weighted by atomic mass is 16.1. The van der Waals surface area contributed by atoms with Crippen LogP contribution in [0, 0.1) is 5.92 Å². The quantitative estimate of drug-likeness (QED) is 0.754. The fourth-order valence-electron chi connectivity index (χ4n) is 3.93. The molecule has 1 unspecified atom stereocenters. The Morgan fingerprint density at radius 2 is 1.96 bits per heavy atom. The Balaban J connectivity index is 1.44. The molecule has 1 aromatic carbocycles. The van der Waals surface area contributed by atoms with E-state index >= 15 is 0 Å². The van der Waals surface area contributed by atoms with E-state index in [4.69, 9.17) is 0 Å². The lowest BCUT2D eigenvalue weighted by atomic mass is 10.0. The molecule has 4 heteroatoms. The number of aromatic nitrogens is 1. The number of benzene rings is 1. The SMILES string of the molecule is CC(C)Cc1ccc(CN2CCCC(NC(=O)CCc3cccnc3)C2)cc1. The van der Waals surface area contributed by atoms with Crippen molar-refractivity contribution in [2.24, 2.45) is 5.92 Å². The van der Waals surface area contributed by atoms with Gasteiger partial charge in [-0.3, -0.25) is 14.7 Å². The number of piperidine rings is 1. The molecule has 0 saturated carbocycles. The molecule has 4 nitrogen and oxygen atoms in total. The van der Waals surface area contributed by atoms with E-state index in [1.54, 1.807) is 6.20 Å². The van der Waals surface area contributed by atoms with E-state index in [-0.39, 0.29) is 11.9 Å². The maximum atomic E-state index is 12.3. The maximum absolute atomic E-state index is 12.3. The van der Waals surface area contributed by atoms with Crippen LogP contribution < -0.4 is 5.32 Å². The van der Waals surface area contributed by atoms with Crippen molar-refractivity contribution in [1.29, 1.82) is 0 Å². The molecule has 0 bridgehead atoms. The van der Waals surface area contributed by atoms with Gasteiger partial charge in [-0.05, 0) is 60.9 Å². The van der Waals surface area contributed by atoms with E-state index in [2.05, 4.69) is 53.3 Å². The van der Waals surface area contributed by atoms with Crippen molar-refractivity contribution >= 4 is 5.91 Å². The third-order valence-electron chi connectivity index (χ3n) is 5.31.